The Morgan fingerprint density at radius 2 is 2.18 bits per heavy atom. The molecule has 1 aliphatic carbocycles. The van der Waals surface area contributed by atoms with Crippen molar-refractivity contribution in [1.82, 2.24) is 25.0 Å². The highest BCUT2D eigenvalue weighted by molar-refractivity contribution is 5.80. The van der Waals surface area contributed by atoms with Gasteiger partial charge in [0.25, 0.3) is 0 Å². The van der Waals surface area contributed by atoms with Crippen molar-refractivity contribution < 1.29 is 9.59 Å². The summed E-state index contributed by atoms with van der Waals surface area (Å²) in [6.45, 7) is 4.23. The van der Waals surface area contributed by atoms with Crippen LogP contribution in [0.4, 0.5) is 0 Å². The lowest BCUT2D eigenvalue weighted by molar-refractivity contribution is -0.128. The van der Waals surface area contributed by atoms with Crippen LogP contribution < -0.4 is 5.32 Å². The molecule has 0 spiro atoms. The van der Waals surface area contributed by atoms with E-state index in [4.69, 9.17) is 5.10 Å². The van der Waals surface area contributed by atoms with Crippen LogP contribution in [0.25, 0.3) is 11.0 Å². The van der Waals surface area contributed by atoms with Gasteiger partial charge in [0.2, 0.25) is 11.8 Å². The van der Waals surface area contributed by atoms with E-state index in [0.717, 1.165) is 49.0 Å². The number of nitrogens with one attached hydrogen (secondary N) is 1. The van der Waals surface area contributed by atoms with Gasteiger partial charge in [0.1, 0.15) is 0 Å². The van der Waals surface area contributed by atoms with Crippen molar-refractivity contribution in [2.75, 3.05) is 19.6 Å². The van der Waals surface area contributed by atoms with Crippen molar-refractivity contribution in [3.63, 3.8) is 0 Å². The van der Waals surface area contributed by atoms with E-state index >= 15 is 0 Å². The van der Waals surface area contributed by atoms with Crippen LogP contribution in [-0.2, 0) is 16.1 Å². The molecule has 0 radical (unpaired) electrons. The van der Waals surface area contributed by atoms with Gasteiger partial charge in [-0.1, -0.05) is 12.2 Å². The summed E-state index contributed by atoms with van der Waals surface area (Å²) in [5.41, 5.74) is 1.85. The van der Waals surface area contributed by atoms with Crippen LogP contribution in [0.1, 0.15) is 44.2 Å². The predicted molar refractivity (Wildman–Crippen MR) is 107 cm³/mol. The summed E-state index contributed by atoms with van der Waals surface area (Å²) in [6, 6.07) is 3.97. The molecule has 148 valence electrons. The minimum absolute atomic E-state index is 0.0871. The van der Waals surface area contributed by atoms with E-state index in [2.05, 4.69) is 22.5 Å². The van der Waals surface area contributed by atoms with Crippen LogP contribution in [0.3, 0.4) is 0 Å². The second kappa shape index (κ2) is 8.12. The van der Waals surface area contributed by atoms with Crippen molar-refractivity contribution in [2.45, 2.75) is 45.1 Å². The van der Waals surface area contributed by atoms with Gasteiger partial charge in [0, 0.05) is 50.0 Å². The number of nitrogens with zero attached hydrogens (tertiary/aromatic N) is 4. The van der Waals surface area contributed by atoms with E-state index in [1.54, 1.807) is 13.1 Å². The molecule has 0 aromatic carbocycles. The molecule has 2 aromatic heterocycles. The molecule has 0 bridgehead atoms. The lowest BCUT2D eigenvalue weighted by atomic mass is 9.94. The molecule has 4 rings (SSSR count). The van der Waals surface area contributed by atoms with E-state index in [-0.39, 0.29) is 23.7 Å². The third-order valence-electron chi connectivity index (χ3n) is 5.82. The number of carbonyl (C=O) groups is 2. The summed E-state index contributed by atoms with van der Waals surface area (Å²) >= 11 is 0. The molecule has 3 heterocycles. The third-order valence-corrected chi connectivity index (χ3v) is 5.82. The Hall–Kier alpha value is -2.70. The molecule has 1 saturated heterocycles. The lowest BCUT2D eigenvalue weighted by Crippen LogP contribution is -2.33. The molecule has 1 aliphatic heterocycles. The Kier molecular flexibility index (Phi) is 5.41. The van der Waals surface area contributed by atoms with E-state index in [9.17, 15) is 9.59 Å². The number of fused-ring (bicyclic) bond motifs is 1. The summed E-state index contributed by atoms with van der Waals surface area (Å²) in [6.07, 6.45) is 9.66. The van der Waals surface area contributed by atoms with Crippen LogP contribution >= 0.6 is 0 Å². The summed E-state index contributed by atoms with van der Waals surface area (Å²) < 4.78 is 1.89. The van der Waals surface area contributed by atoms with Gasteiger partial charge in [-0.05, 0) is 37.8 Å². The first-order valence-corrected chi connectivity index (χ1v) is 10.1. The molecule has 28 heavy (non-hydrogen) atoms. The van der Waals surface area contributed by atoms with Gasteiger partial charge in [-0.2, -0.15) is 5.10 Å². The van der Waals surface area contributed by atoms with Crippen molar-refractivity contribution in [3.8, 4) is 0 Å². The van der Waals surface area contributed by atoms with Gasteiger partial charge in [0.15, 0.2) is 5.65 Å². The zero-order chi connectivity index (χ0) is 19.5. The van der Waals surface area contributed by atoms with Gasteiger partial charge >= 0.3 is 0 Å². The fourth-order valence-electron chi connectivity index (χ4n) is 4.22. The number of allylic oxidation sites excluding steroid dienone is 2. The van der Waals surface area contributed by atoms with Crippen LogP contribution in [-0.4, -0.2) is 51.1 Å². The molecule has 2 atom stereocenters. The molecule has 1 N–H and O–H groups in total. The van der Waals surface area contributed by atoms with Gasteiger partial charge in [-0.15, -0.1) is 0 Å². The molecule has 7 nitrogen and oxygen atoms in total. The molecule has 0 unspecified atom stereocenters. The van der Waals surface area contributed by atoms with Crippen molar-refractivity contribution in [1.29, 1.82) is 0 Å². The number of carbonyl (C=O) groups excluding carboxylic acids is 2. The van der Waals surface area contributed by atoms with Crippen LogP contribution in [0, 0.1) is 5.92 Å². The Morgan fingerprint density at radius 3 is 2.93 bits per heavy atom. The van der Waals surface area contributed by atoms with Crippen molar-refractivity contribution >= 4 is 22.8 Å². The third kappa shape index (κ3) is 3.79. The van der Waals surface area contributed by atoms with E-state index < -0.39 is 0 Å². The number of hydrogen-bond donors (Lipinski definition) is 1. The van der Waals surface area contributed by atoms with Gasteiger partial charge in [-0.25, -0.2) is 9.67 Å². The number of likely N-dealkylation sites (tertiary alicyclic amines) is 1. The lowest BCUT2D eigenvalue weighted by Gasteiger charge is -2.17. The Labute approximate surface area is 164 Å². The number of rotatable bonds is 5. The molecular formula is C21H27N5O2. The molecule has 1 fully saturated rings. The Morgan fingerprint density at radius 1 is 1.29 bits per heavy atom. The highest BCUT2D eigenvalue weighted by Crippen LogP contribution is 2.31. The minimum Gasteiger partial charge on any atom is -0.354 e. The standard InChI is InChI=1S/C21H27N5O2/c1-15(27)25-12-9-17(14-25)19-18-8-5-10-22-20(18)26(24-19)13-11-23-21(28)16-6-3-2-4-7-16/h2-3,5,8,10,16-17H,4,6-7,9,11-14H2,1H3,(H,23,28)/t16-,17-/m1/s1. The molecule has 2 amide bonds. The highest BCUT2D eigenvalue weighted by Gasteiger charge is 2.29. The maximum Gasteiger partial charge on any atom is 0.223 e. The first-order chi connectivity index (χ1) is 13.6. The monoisotopic (exact) mass is 381 g/mol. The first kappa shape index (κ1) is 18.7. The molecule has 2 aliphatic rings. The highest BCUT2D eigenvalue weighted by atomic mass is 16.2. The zero-order valence-electron chi connectivity index (χ0n) is 16.3. The van der Waals surface area contributed by atoms with E-state index in [1.165, 1.54) is 0 Å². The normalized spacial score (nSPS) is 22.0. The van der Waals surface area contributed by atoms with Crippen molar-refractivity contribution in [2.24, 2.45) is 5.92 Å². The smallest absolute Gasteiger partial charge is 0.223 e. The predicted octanol–water partition coefficient (Wildman–Crippen LogP) is 2.24. The number of pyridine rings is 1. The molecular weight excluding hydrogens is 354 g/mol. The summed E-state index contributed by atoms with van der Waals surface area (Å²) in [5.74, 6) is 0.566. The quantitative estimate of drug-likeness (QED) is 0.806. The fraction of sp³-hybridized carbons (Fsp3) is 0.524. The number of aromatic nitrogens is 3. The summed E-state index contributed by atoms with van der Waals surface area (Å²) in [5, 5.41) is 8.92. The molecule has 7 heteroatoms. The maximum atomic E-state index is 12.3. The molecule has 2 aromatic rings. The van der Waals surface area contributed by atoms with E-state index in [1.807, 2.05) is 21.7 Å². The first-order valence-electron chi connectivity index (χ1n) is 10.1. The second-order valence-corrected chi connectivity index (χ2v) is 7.71. The number of amides is 2. The summed E-state index contributed by atoms with van der Waals surface area (Å²) in [7, 11) is 0. The van der Waals surface area contributed by atoms with Gasteiger partial charge in [-0.3, -0.25) is 9.59 Å². The average Bonchev–Trinajstić information content (AvgIpc) is 3.34. The average molecular weight is 381 g/mol. The largest absolute Gasteiger partial charge is 0.354 e. The minimum atomic E-state index is 0.0871. The van der Waals surface area contributed by atoms with Gasteiger partial charge in [0.05, 0.1) is 12.2 Å². The van der Waals surface area contributed by atoms with Crippen molar-refractivity contribution in [3.05, 3.63) is 36.2 Å². The summed E-state index contributed by atoms with van der Waals surface area (Å²) in [4.78, 5) is 30.4. The van der Waals surface area contributed by atoms with Crippen LogP contribution in [0.2, 0.25) is 0 Å². The Bertz CT molecular complexity index is 903. The zero-order valence-corrected chi connectivity index (χ0v) is 16.3. The fourth-order valence-corrected chi connectivity index (χ4v) is 4.22. The van der Waals surface area contributed by atoms with Crippen LogP contribution in [0.5, 0.6) is 0 Å². The maximum absolute atomic E-state index is 12.3. The van der Waals surface area contributed by atoms with Gasteiger partial charge < -0.3 is 10.2 Å². The topological polar surface area (TPSA) is 80.1 Å². The second-order valence-electron chi connectivity index (χ2n) is 7.71. The Balaban J connectivity index is 1.45. The van der Waals surface area contributed by atoms with Crippen LogP contribution in [0.15, 0.2) is 30.5 Å². The molecule has 0 saturated carbocycles. The number of hydrogen-bond acceptors (Lipinski definition) is 4. The van der Waals surface area contributed by atoms with E-state index in [0.29, 0.717) is 19.6 Å². The SMILES string of the molecule is CC(=O)N1CC[C@@H](c2nn(CCNC(=O)[C@@H]3CC=CCC3)c3ncccc23)C1.